The van der Waals surface area contributed by atoms with E-state index in [9.17, 15) is 8.42 Å². The Hall–Kier alpha value is -1.07. The van der Waals surface area contributed by atoms with Crippen LogP contribution < -0.4 is 10.6 Å². The predicted octanol–water partition coefficient (Wildman–Crippen LogP) is 1.50. The molecule has 1 rings (SSSR count). The van der Waals surface area contributed by atoms with Crippen LogP contribution in [0.25, 0.3) is 0 Å². The van der Waals surface area contributed by atoms with Crippen molar-refractivity contribution >= 4 is 15.5 Å². The molecule has 0 amide bonds. The molecule has 0 atom stereocenters. The minimum absolute atomic E-state index is 0.350. The highest BCUT2D eigenvalue weighted by atomic mass is 32.2. The molecule has 0 spiro atoms. The summed E-state index contributed by atoms with van der Waals surface area (Å²) in [6, 6.07) is 7.28. The molecule has 4 nitrogen and oxygen atoms in total. The highest BCUT2D eigenvalue weighted by Gasteiger charge is 2.05. The minimum atomic E-state index is -3.10. The molecule has 0 radical (unpaired) electrons. The summed E-state index contributed by atoms with van der Waals surface area (Å²) in [6.45, 7) is 5.89. The van der Waals surface area contributed by atoms with Gasteiger partial charge in [0.1, 0.15) is 0 Å². The second kappa shape index (κ2) is 6.02. The largest absolute Gasteiger partial charge is 0.384 e. The van der Waals surface area contributed by atoms with Crippen molar-refractivity contribution in [2.24, 2.45) is 0 Å². The number of hydrogen-bond donors (Lipinski definition) is 2. The summed E-state index contributed by atoms with van der Waals surface area (Å²) in [7, 11) is -3.10. The van der Waals surface area contributed by atoms with Crippen LogP contribution in [0, 0.1) is 0 Å². The van der Waals surface area contributed by atoms with E-state index in [4.69, 9.17) is 0 Å². The Morgan fingerprint density at radius 3 is 2.18 bits per heavy atom. The lowest BCUT2D eigenvalue weighted by Gasteiger charge is -2.10. The van der Waals surface area contributed by atoms with Crippen molar-refractivity contribution in [3.05, 3.63) is 24.3 Å². The van der Waals surface area contributed by atoms with E-state index >= 15 is 0 Å². The fourth-order valence-corrected chi connectivity index (χ4v) is 2.02. The van der Waals surface area contributed by atoms with Gasteiger partial charge in [0.05, 0.1) is 4.90 Å². The normalized spacial score (nSPS) is 11.8. The number of nitrogens with one attached hydrogen (secondary N) is 2. The van der Waals surface area contributed by atoms with Crippen LogP contribution in [0.4, 0.5) is 5.69 Å². The van der Waals surface area contributed by atoms with Crippen LogP contribution in [0.15, 0.2) is 29.2 Å². The molecule has 0 unspecified atom stereocenters. The Morgan fingerprint density at radius 2 is 1.71 bits per heavy atom. The first-order valence-corrected chi connectivity index (χ1v) is 7.56. The average Bonchev–Trinajstić information content (AvgIpc) is 2.23. The Morgan fingerprint density at radius 1 is 1.12 bits per heavy atom. The molecule has 0 heterocycles. The predicted molar refractivity (Wildman–Crippen MR) is 71.2 cm³/mol. The molecule has 17 heavy (non-hydrogen) atoms. The molecule has 0 aromatic heterocycles. The number of rotatable bonds is 6. The van der Waals surface area contributed by atoms with Crippen LogP contribution in [0.2, 0.25) is 0 Å². The van der Waals surface area contributed by atoms with E-state index in [1.165, 1.54) is 6.26 Å². The maximum Gasteiger partial charge on any atom is 0.175 e. The summed E-state index contributed by atoms with van der Waals surface area (Å²) in [5.74, 6) is 0. The van der Waals surface area contributed by atoms with Gasteiger partial charge in [0.15, 0.2) is 9.84 Å². The fraction of sp³-hybridized carbons (Fsp3) is 0.500. The second-order valence-corrected chi connectivity index (χ2v) is 6.35. The van der Waals surface area contributed by atoms with Gasteiger partial charge in [-0.05, 0) is 24.3 Å². The van der Waals surface area contributed by atoms with Crippen LogP contribution in [0.1, 0.15) is 13.8 Å². The summed E-state index contributed by atoms with van der Waals surface area (Å²) in [5.41, 5.74) is 0.933. The van der Waals surface area contributed by atoms with Gasteiger partial charge in [0.25, 0.3) is 0 Å². The molecule has 0 fully saturated rings. The van der Waals surface area contributed by atoms with Gasteiger partial charge in [0.2, 0.25) is 0 Å². The van der Waals surface area contributed by atoms with Crippen LogP contribution in [-0.4, -0.2) is 33.8 Å². The lowest BCUT2D eigenvalue weighted by molar-refractivity contribution is 0.601. The molecule has 5 heteroatoms. The average molecular weight is 256 g/mol. The lowest BCUT2D eigenvalue weighted by atomic mass is 10.3. The molecule has 0 aliphatic carbocycles. The van der Waals surface area contributed by atoms with E-state index in [2.05, 4.69) is 24.5 Å². The zero-order valence-corrected chi connectivity index (χ0v) is 11.3. The first-order valence-electron chi connectivity index (χ1n) is 5.67. The van der Waals surface area contributed by atoms with Crippen molar-refractivity contribution < 1.29 is 8.42 Å². The van der Waals surface area contributed by atoms with Gasteiger partial charge in [-0.1, -0.05) is 13.8 Å². The van der Waals surface area contributed by atoms with Crippen molar-refractivity contribution in [3.8, 4) is 0 Å². The van der Waals surface area contributed by atoms with Crippen molar-refractivity contribution in [1.29, 1.82) is 0 Å². The molecule has 96 valence electrons. The topological polar surface area (TPSA) is 58.2 Å². The maximum atomic E-state index is 11.2. The highest BCUT2D eigenvalue weighted by molar-refractivity contribution is 7.90. The molecule has 0 saturated carbocycles. The first kappa shape index (κ1) is 14.0. The van der Waals surface area contributed by atoms with E-state index in [1.807, 2.05) is 0 Å². The minimum Gasteiger partial charge on any atom is -0.384 e. The zero-order valence-electron chi connectivity index (χ0n) is 10.5. The molecular formula is C12H20N2O2S. The van der Waals surface area contributed by atoms with Gasteiger partial charge in [-0.25, -0.2) is 8.42 Å². The van der Waals surface area contributed by atoms with Crippen molar-refractivity contribution in [2.45, 2.75) is 24.8 Å². The van der Waals surface area contributed by atoms with Gasteiger partial charge in [-0.15, -0.1) is 0 Å². The molecule has 1 aromatic rings. The quantitative estimate of drug-likeness (QED) is 0.757. The monoisotopic (exact) mass is 256 g/mol. The van der Waals surface area contributed by atoms with E-state index in [1.54, 1.807) is 24.3 Å². The van der Waals surface area contributed by atoms with Crippen molar-refractivity contribution in [1.82, 2.24) is 5.32 Å². The summed E-state index contributed by atoms with van der Waals surface area (Å²) in [4.78, 5) is 0.350. The molecule has 2 N–H and O–H groups in total. The van der Waals surface area contributed by atoms with E-state index in [-0.39, 0.29) is 0 Å². The molecule has 0 aliphatic rings. The fourth-order valence-electron chi connectivity index (χ4n) is 1.39. The smallest absolute Gasteiger partial charge is 0.175 e. The van der Waals surface area contributed by atoms with E-state index in [0.717, 1.165) is 18.8 Å². The van der Waals surface area contributed by atoms with Gasteiger partial charge in [0, 0.05) is 31.1 Å². The van der Waals surface area contributed by atoms with Crippen LogP contribution in [0.5, 0.6) is 0 Å². The highest BCUT2D eigenvalue weighted by Crippen LogP contribution is 2.13. The van der Waals surface area contributed by atoms with Crippen LogP contribution in [-0.2, 0) is 9.84 Å². The number of sulfone groups is 1. The molecule has 0 aliphatic heterocycles. The number of benzene rings is 1. The van der Waals surface area contributed by atoms with Gasteiger partial charge in [-0.2, -0.15) is 0 Å². The first-order chi connectivity index (χ1) is 7.89. The standard InChI is InChI=1S/C12H20N2O2S/c1-10(2)13-8-9-14-11-4-6-12(7-5-11)17(3,15)16/h4-7,10,13-14H,8-9H2,1-3H3. The SMILES string of the molecule is CC(C)NCCNc1ccc(S(C)(=O)=O)cc1. The maximum absolute atomic E-state index is 11.2. The Labute approximate surface area is 103 Å². The van der Waals surface area contributed by atoms with Gasteiger partial charge < -0.3 is 10.6 Å². The number of anilines is 1. The van der Waals surface area contributed by atoms with Gasteiger partial charge >= 0.3 is 0 Å². The summed E-state index contributed by atoms with van der Waals surface area (Å²) in [6.07, 6.45) is 1.21. The van der Waals surface area contributed by atoms with Crippen molar-refractivity contribution in [2.75, 3.05) is 24.7 Å². The van der Waals surface area contributed by atoms with Crippen LogP contribution in [0.3, 0.4) is 0 Å². The van der Waals surface area contributed by atoms with E-state index in [0.29, 0.717) is 10.9 Å². The Balaban J connectivity index is 2.46. The third kappa shape index (κ3) is 5.19. The Kier molecular flexibility index (Phi) is 4.96. The third-order valence-corrected chi connectivity index (χ3v) is 3.42. The number of hydrogen-bond acceptors (Lipinski definition) is 4. The lowest BCUT2D eigenvalue weighted by Crippen LogP contribution is -2.28. The zero-order chi connectivity index (χ0) is 12.9. The molecule has 0 saturated heterocycles. The summed E-state index contributed by atoms with van der Waals surface area (Å²) in [5, 5.41) is 6.51. The molecule has 1 aromatic carbocycles. The van der Waals surface area contributed by atoms with Gasteiger partial charge in [-0.3, -0.25) is 0 Å². The van der Waals surface area contributed by atoms with E-state index < -0.39 is 9.84 Å². The Bertz CT molecular complexity index is 438. The third-order valence-electron chi connectivity index (χ3n) is 2.29. The summed E-state index contributed by atoms with van der Waals surface area (Å²) >= 11 is 0. The van der Waals surface area contributed by atoms with Crippen LogP contribution >= 0.6 is 0 Å². The summed E-state index contributed by atoms with van der Waals surface area (Å²) < 4.78 is 22.5. The van der Waals surface area contributed by atoms with Crippen molar-refractivity contribution in [3.63, 3.8) is 0 Å². The molecular weight excluding hydrogens is 236 g/mol. The molecule has 0 bridgehead atoms. The second-order valence-electron chi connectivity index (χ2n) is 4.33.